The van der Waals surface area contributed by atoms with Crippen LogP contribution in [0.15, 0.2) is 22.7 Å². The Kier molecular flexibility index (Phi) is 3.20. The standard InChI is InChI=1S/C13H13N3O5/c1-19-7-3-4-8(11(5-7)20-2)12-14-13(21-15-12)9-6-10(9)16(17)18/h3-5,9-10H,6H2,1-2H3/t9-,10-/m0/s1. The average Bonchev–Trinajstić information content (AvgIpc) is 3.17. The molecule has 8 nitrogen and oxygen atoms in total. The van der Waals surface area contributed by atoms with Crippen LogP contribution in [0.1, 0.15) is 18.2 Å². The van der Waals surface area contributed by atoms with Gasteiger partial charge in [-0.25, -0.2) is 0 Å². The van der Waals surface area contributed by atoms with Crippen LogP contribution in [0.5, 0.6) is 11.5 Å². The summed E-state index contributed by atoms with van der Waals surface area (Å²) in [7, 11) is 3.09. The number of aromatic nitrogens is 2. The summed E-state index contributed by atoms with van der Waals surface area (Å²) < 4.78 is 15.5. The van der Waals surface area contributed by atoms with Gasteiger partial charge in [-0.15, -0.1) is 0 Å². The van der Waals surface area contributed by atoms with E-state index in [2.05, 4.69) is 10.1 Å². The molecule has 0 N–H and O–H groups in total. The minimum Gasteiger partial charge on any atom is -0.497 e. The van der Waals surface area contributed by atoms with Gasteiger partial charge in [0.15, 0.2) is 0 Å². The van der Waals surface area contributed by atoms with Crippen LogP contribution in [0.4, 0.5) is 0 Å². The topological polar surface area (TPSA) is 101 Å². The molecular formula is C13H13N3O5. The van der Waals surface area contributed by atoms with Gasteiger partial charge in [0.25, 0.3) is 0 Å². The highest BCUT2D eigenvalue weighted by Gasteiger charge is 2.53. The van der Waals surface area contributed by atoms with E-state index in [9.17, 15) is 10.1 Å². The first kappa shape index (κ1) is 13.3. The van der Waals surface area contributed by atoms with Gasteiger partial charge in [-0.2, -0.15) is 4.98 Å². The molecule has 1 aliphatic rings. The summed E-state index contributed by atoms with van der Waals surface area (Å²) in [5.41, 5.74) is 0.645. The lowest BCUT2D eigenvalue weighted by molar-refractivity contribution is -0.496. The van der Waals surface area contributed by atoms with Crippen LogP contribution in [0.25, 0.3) is 11.4 Å². The largest absolute Gasteiger partial charge is 0.497 e. The van der Waals surface area contributed by atoms with Crippen molar-refractivity contribution in [3.8, 4) is 22.9 Å². The van der Waals surface area contributed by atoms with Crippen molar-refractivity contribution in [2.75, 3.05) is 14.2 Å². The molecule has 1 fully saturated rings. The quantitative estimate of drug-likeness (QED) is 0.612. The molecular weight excluding hydrogens is 278 g/mol. The Labute approximate surface area is 119 Å². The number of hydrogen-bond donors (Lipinski definition) is 0. The fourth-order valence-electron chi connectivity index (χ4n) is 2.16. The third-order valence-corrected chi connectivity index (χ3v) is 3.44. The fourth-order valence-corrected chi connectivity index (χ4v) is 2.16. The maximum atomic E-state index is 10.7. The van der Waals surface area contributed by atoms with Gasteiger partial charge >= 0.3 is 0 Å². The molecule has 0 unspecified atom stereocenters. The van der Waals surface area contributed by atoms with Crippen LogP contribution in [0.3, 0.4) is 0 Å². The Morgan fingerprint density at radius 1 is 1.38 bits per heavy atom. The van der Waals surface area contributed by atoms with Crippen molar-refractivity contribution in [2.45, 2.75) is 18.4 Å². The van der Waals surface area contributed by atoms with E-state index < -0.39 is 6.04 Å². The van der Waals surface area contributed by atoms with Gasteiger partial charge in [0.05, 0.1) is 19.8 Å². The highest BCUT2D eigenvalue weighted by molar-refractivity contribution is 5.65. The number of ether oxygens (including phenoxy) is 2. The van der Waals surface area contributed by atoms with Crippen LogP contribution in [0.2, 0.25) is 0 Å². The van der Waals surface area contributed by atoms with Gasteiger partial charge in [0.2, 0.25) is 17.8 Å². The molecule has 1 aromatic heterocycles. The van der Waals surface area contributed by atoms with E-state index in [-0.39, 0.29) is 10.8 Å². The third kappa shape index (κ3) is 2.39. The molecule has 1 aromatic carbocycles. The zero-order valence-electron chi connectivity index (χ0n) is 11.5. The van der Waals surface area contributed by atoms with Crippen molar-refractivity contribution < 1.29 is 18.9 Å². The first-order valence-electron chi connectivity index (χ1n) is 6.33. The minimum absolute atomic E-state index is 0.287. The van der Waals surface area contributed by atoms with Gasteiger partial charge in [-0.3, -0.25) is 10.1 Å². The number of hydrogen-bond acceptors (Lipinski definition) is 7. The third-order valence-electron chi connectivity index (χ3n) is 3.44. The molecule has 1 aliphatic carbocycles. The SMILES string of the molecule is COc1ccc(-c2noc([C@H]3C[C@@H]3[N+](=O)[O-])n2)c(OC)c1. The highest BCUT2D eigenvalue weighted by atomic mass is 16.6. The molecule has 0 radical (unpaired) electrons. The number of benzene rings is 1. The van der Waals surface area contributed by atoms with Crippen molar-refractivity contribution in [1.29, 1.82) is 0 Å². The molecule has 0 bridgehead atoms. The monoisotopic (exact) mass is 291 g/mol. The first-order valence-corrected chi connectivity index (χ1v) is 6.33. The summed E-state index contributed by atoms with van der Waals surface area (Å²) in [6.07, 6.45) is 0.439. The molecule has 21 heavy (non-hydrogen) atoms. The second kappa shape index (κ2) is 5.04. The van der Waals surface area contributed by atoms with Gasteiger partial charge in [0, 0.05) is 17.4 Å². The maximum absolute atomic E-state index is 10.7. The van der Waals surface area contributed by atoms with Gasteiger partial charge in [-0.1, -0.05) is 5.16 Å². The highest BCUT2D eigenvalue weighted by Crippen LogP contribution is 2.43. The molecule has 2 aromatic rings. The van der Waals surface area contributed by atoms with Gasteiger partial charge in [0.1, 0.15) is 17.4 Å². The van der Waals surface area contributed by atoms with Crippen LogP contribution >= 0.6 is 0 Å². The lowest BCUT2D eigenvalue weighted by atomic mass is 10.2. The fraction of sp³-hybridized carbons (Fsp3) is 0.385. The Bertz CT molecular complexity index is 684. The molecule has 1 saturated carbocycles. The summed E-state index contributed by atoms with van der Waals surface area (Å²) in [5.74, 6) is 1.55. The van der Waals surface area contributed by atoms with E-state index in [0.717, 1.165) is 0 Å². The lowest BCUT2D eigenvalue weighted by Gasteiger charge is -2.07. The van der Waals surface area contributed by atoms with E-state index in [0.29, 0.717) is 35.2 Å². The molecule has 1 heterocycles. The van der Waals surface area contributed by atoms with Crippen molar-refractivity contribution in [3.05, 3.63) is 34.2 Å². The van der Waals surface area contributed by atoms with E-state index in [4.69, 9.17) is 14.0 Å². The van der Waals surface area contributed by atoms with Crippen LogP contribution in [-0.2, 0) is 0 Å². The Morgan fingerprint density at radius 3 is 2.81 bits per heavy atom. The van der Waals surface area contributed by atoms with Gasteiger partial charge in [-0.05, 0) is 12.1 Å². The van der Waals surface area contributed by atoms with Crippen molar-refractivity contribution in [3.63, 3.8) is 0 Å². The molecule has 2 atom stereocenters. The van der Waals surface area contributed by atoms with Crippen molar-refractivity contribution in [1.82, 2.24) is 10.1 Å². The van der Waals surface area contributed by atoms with Crippen LogP contribution < -0.4 is 9.47 Å². The number of rotatable bonds is 5. The predicted octanol–water partition coefficient (Wildman–Crippen LogP) is 1.89. The normalized spacial score (nSPS) is 20.1. The zero-order valence-corrected chi connectivity index (χ0v) is 11.5. The Morgan fingerprint density at radius 2 is 2.19 bits per heavy atom. The second-order valence-electron chi connectivity index (χ2n) is 4.72. The van der Waals surface area contributed by atoms with E-state index in [1.807, 2.05) is 0 Å². The van der Waals surface area contributed by atoms with Gasteiger partial charge < -0.3 is 14.0 Å². The van der Waals surface area contributed by atoms with Crippen LogP contribution in [0, 0.1) is 10.1 Å². The molecule has 0 spiro atoms. The second-order valence-corrected chi connectivity index (χ2v) is 4.72. The smallest absolute Gasteiger partial charge is 0.237 e. The summed E-state index contributed by atoms with van der Waals surface area (Å²) in [4.78, 5) is 14.6. The number of nitrogens with zero attached hydrogens (tertiary/aromatic N) is 3. The van der Waals surface area contributed by atoms with E-state index in [1.54, 1.807) is 25.3 Å². The van der Waals surface area contributed by atoms with Crippen LogP contribution in [-0.4, -0.2) is 35.3 Å². The Balaban J connectivity index is 1.88. The molecule has 8 heteroatoms. The summed E-state index contributed by atoms with van der Waals surface area (Å²) in [6.45, 7) is 0. The molecule has 110 valence electrons. The summed E-state index contributed by atoms with van der Waals surface area (Å²) in [6, 6.07) is 4.60. The molecule has 0 amide bonds. The number of methoxy groups -OCH3 is 2. The lowest BCUT2D eigenvalue weighted by Crippen LogP contribution is -2.02. The summed E-state index contributed by atoms with van der Waals surface area (Å²) in [5, 5.41) is 14.6. The summed E-state index contributed by atoms with van der Waals surface area (Å²) >= 11 is 0. The average molecular weight is 291 g/mol. The molecule has 3 rings (SSSR count). The Hall–Kier alpha value is -2.64. The van der Waals surface area contributed by atoms with E-state index >= 15 is 0 Å². The minimum atomic E-state index is -0.615. The first-order chi connectivity index (χ1) is 10.1. The van der Waals surface area contributed by atoms with E-state index in [1.165, 1.54) is 7.11 Å². The number of nitro groups is 1. The molecule has 0 saturated heterocycles. The maximum Gasteiger partial charge on any atom is 0.237 e. The van der Waals surface area contributed by atoms with Crippen molar-refractivity contribution in [2.24, 2.45) is 0 Å². The van der Waals surface area contributed by atoms with Crippen molar-refractivity contribution >= 4 is 0 Å². The zero-order chi connectivity index (χ0) is 15.0. The predicted molar refractivity (Wildman–Crippen MR) is 71.0 cm³/mol. The molecule has 0 aliphatic heterocycles.